The van der Waals surface area contributed by atoms with Crippen molar-refractivity contribution < 1.29 is 48.7 Å². The van der Waals surface area contributed by atoms with Crippen molar-refractivity contribution in [2.45, 2.75) is 30.9 Å². The minimum atomic E-state index is -6.88. The van der Waals surface area contributed by atoms with Crippen molar-refractivity contribution in [2.24, 2.45) is 0 Å². The third-order valence-corrected chi connectivity index (χ3v) is 5.00. The summed E-state index contributed by atoms with van der Waals surface area (Å²) in [5.41, 5.74) is -4.86. The molecular weight excluding hydrogens is 530 g/mol. The number of amides is 1. The number of hydrogen-bond donors (Lipinski definition) is 2. The predicted molar refractivity (Wildman–Crippen MR) is 97.5 cm³/mol. The molecule has 32 heavy (non-hydrogen) atoms. The molecule has 3 N–H and O–H groups in total. The Hall–Kier alpha value is -2.51. The molecule has 0 aliphatic carbocycles. The van der Waals surface area contributed by atoms with Gasteiger partial charge in [-0.3, -0.25) is 4.79 Å². The first kappa shape index (κ1) is 25.7. The fraction of sp³-hybridized carbons (Fsp3) is 0.278. The van der Waals surface area contributed by atoms with E-state index in [9.17, 15) is 48.7 Å². The summed E-state index contributed by atoms with van der Waals surface area (Å²) in [6.45, 7) is 0.905. The van der Waals surface area contributed by atoms with Crippen LogP contribution in [0.25, 0.3) is 0 Å². The van der Waals surface area contributed by atoms with E-state index in [2.05, 4.69) is 21.2 Å². The molecule has 0 bridgehead atoms. The van der Waals surface area contributed by atoms with Gasteiger partial charge in [0.1, 0.15) is 0 Å². The molecule has 0 aliphatic heterocycles. The lowest BCUT2D eigenvalue weighted by Gasteiger charge is -2.36. The largest absolute Gasteiger partial charge is 0.457 e. The first-order chi connectivity index (χ1) is 14.4. The summed E-state index contributed by atoms with van der Waals surface area (Å²) in [5.74, 6) is -9.16. The molecule has 2 aromatic carbocycles. The van der Waals surface area contributed by atoms with Crippen LogP contribution in [-0.4, -0.2) is 24.2 Å². The summed E-state index contributed by atoms with van der Waals surface area (Å²) < 4.78 is 133. The molecule has 1 amide bonds. The fourth-order valence-corrected chi connectivity index (χ4v) is 3.38. The van der Waals surface area contributed by atoms with E-state index in [0.717, 1.165) is 19.1 Å². The molecule has 0 spiro atoms. The van der Waals surface area contributed by atoms with Crippen molar-refractivity contribution in [1.82, 2.24) is 0 Å². The topological polar surface area (TPSA) is 55.1 Å². The molecule has 1 unspecified atom stereocenters. The summed E-state index contributed by atoms with van der Waals surface area (Å²) in [7, 11) is 0. The molecule has 3 nitrogen and oxygen atoms in total. The predicted octanol–water partition coefficient (Wildman–Crippen LogP) is 6.66. The Morgan fingerprint density at radius 2 is 1.53 bits per heavy atom. The van der Waals surface area contributed by atoms with Crippen LogP contribution in [0.4, 0.5) is 55.3 Å². The molecule has 0 fully saturated rings. The van der Waals surface area contributed by atoms with Crippen LogP contribution in [0, 0.1) is 12.7 Å². The molecule has 176 valence electrons. The molecule has 0 heterocycles. The number of halogens is 11. The molecule has 0 saturated carbocycles. The lowest BCUT2D eigenvalue weighted by molar-refractivity contribution is -0.389. The van der Waals surface area contributed by atoms with Crippen molar-refractivity contribution in [1.29, 1.82) is 0 Å². The van der Waals surface area contributed by atoms with Gasteiger partial charge in [0.2, 0.25) is 0 Å². The number of hydrogen-bond acceptors (Lipinski definition) is 2. The van der Waals surface area contributed by atoms with Crippen molar-refractivity contribution in [2.75, 3.05) is 11.1 Å². The number of alkyl halides is 9. The Morgan fingerprint density at radius 1 is 0.969 bits per heavy atom. The third-order valence-electron chi connectivity index (χ3n) is 4.38. The smallest absolute Gasteiger partial charge is 0.396 e. The third kappa shape index (κ3) is 4.11. The zero-order valence-electron chi connectivity index (χ0n) is 15.5. The Labute approximate surface area is 181 Å². The highest BCUT2D eigenvalue weighted by molar-refractivity contribution is 9.10. The molecule has 0 aromatic heterocycles. The van der Waals surface area contributed by atoms with Gasteiger partial charge in [-0.25, -0.2) is 8.78 Å². The van der Waals surface area contributed by atoms with Crippen LogP contribution < -0.4 is 11.1 Å². The van der Waals surface area contributed by atoms with E-state index < -0.39 is 68.2 Å². The standard InChI is InChI=1S/C18H11BrF10N2O/c1-7-5-8(15(21,17(24,25)26)16(22,23)18(27,28)29)6-10(19)13(7)31-14(32)9-3-2-4-11(30)12(9)20/h2-6H,30H2,1H3,(H,31,32). The number of carbonyl (C=O) groups is 1. The van der Waals surface area contributed by atoms with Crippen molar-refractivity contribution in [3.63, 3.8) is 0 Å². The van der Waals surface area contributed by atoms with Crippen LogP contribution in [0.15, 0.2) is 34.8 Å². The number of benzene rings is 2. The monoisotopic (exact) mass is 540 g/mol. The van der Waals surface area contributed by atoms with Gasteiger partial charge in [-0.05, 0) is 46.6 Å². The first-order valence-electron chi connectivity index (χ1n) is 8.22. The summed E-state index contributed by atoms with van der Waals surface area (Å²) in [6.07, 6.45) is -13.6. The highest BCUT2D eigenvalue weighted by Gasteiger charge is 2.81. The SMILES string of the molecule is Cc1cc(C(F)(C(F)(F)F)C(F)(F)C(F)(F)F)cc(Br)c1NC(=O)c1cccc(N)c1F. The van der Waals surface area contributed by atoms with Gasteiger partial charge in [0.05, 0.1) is 16.9 Å². The second-order valence-corrected chi connectivity index (χ2v) is 7.40. The molecular formula is C18H11BrF10N2O. The Balaban J connectivity index is 2.60. The van der Waals surface area contributed by atoms with E-state index in [1.807, 2.05) is 0 Å². The normalized spacial score (nSPS) is 14.8. The van der Waals surface area contributed by atoms with Gasteiger partial charge in [-0.15, -0.1) is 0 Å². The van der Waals surface area contributed by atoms with Crippen molar-refractivity contribution >= 4 is 33.2 Å². The first-order valence-corrected chi connectivity index (χ1v) is 9.01. The van der Waals surface area contributed by atoms with Crippen LogP contribution in [0.3, 0.4) is 0 Å². The van der Waals surface area contributed by atoms with Crippen LogP contribution in [0.2, 0.25) is 0 Å². The maximum atomic E-state index is 14.7. The Kier molecular flexibility index (Phi) is 6.53. The van der Waals surface area contributed by atoms with Crippen LogP contribution >= 0.6 is 15.9 Å². The molecule has 0 radical (unpaired) electrons. The lowest BCUT2D eigenvalue weighted by atomic mass is 9.86. The maximum Gasteiger partial charge on any atom is 0.457 e. The van der Waals surface area contributed by atoms with Gasteiger partial charge < -0.3 is 11.1 Å². The van der Waals surface area contributed by atoms with Crippen LogP contribution in [-0.2, 0) is 5.67 Å². The lowest BCUT2D eigenvalue weighted by Crippen LogP contribution is -2.59. The molecule has 0 saturated heterocycles. The van der Waals surface area contributed by atoms with Crippen LogP contribution in [0.1, 0.15) is 21.5 Å². The van der Waals surface area contributed by atoms with E-state index in [0.29, 0.717) is 0 Å². The maximum absolute atomic E-state index is 14.7. The second-order valence-electron chi connectivity index (χ2n) is 6.54. The zero-order valence-corrected chi connectivity index (χ0v) is 17.1. The van der Waals surface area contributed by atoms with Crippen molar-refractivity contribution in [3.8, 4) is 0 Å². The molecule has 2 rings (SSSR count). The quantitative estimate of drug-likeness (QED) is 0.336. The van der Waals surface area contributed by atoms with Gasteiger partial charge in [0.25, 0.3) is 5.91 Å². The summed E-state index contributed by atoms with van der Waals surface area (Å²) in [5, 5.41) is 2.05. The number of nitrogens with two attached hydrogens (primary N) is 1. The van der Waals surface area contributed by atoms with E-state index in [1.165, 1.54) is 6.07 Å². The number of aryl methyl sites for hydroxylation is 1. The van der Waals surface area contributed by atoms with Gasteiger partial charge in [-0.2, -0.15) is 35.1 Å². The molecule has 1 atom stereocenters. The van der Waals surface area contributed by atoms with E-state index in [-0.39, 0.29) is 12.1 Å². The Bertz CT molecular complexity index is 1030. The molecule has 2 aromatic rings. The fourth-order valence-electron chi connectivity index (χ4n) is 2.73. The Morgan fingerprint density at radius 3 is 2.00 bits per heavy atom. The highest BCUT2D eigenvalue weighted by atomic mass is 79.9. The minimum Gasteiger partial charge on any atom is -0.396 e. The zero-order chi connectivity index (χ0) is 24.9. The highest BCUT2D eigenvalue weighted by Crippen LogP contribution is 2.58. The molecule has 14 heteroatoms. The van der Waals surface area contributed by atoms with Gasteiger partial charge >= 0.3 is 23.9 Å². The average molecular weight is 541 g/mol. The number of nitrogen functional groups attached to an aromatic ring is 1. The second kappa shape index (κ2) is 8.12. The minimum absolute atomic E-state index is 0.0193. The van der Waals surface area contributed by atoms with Gasteiger partial charge in [-0.1, -0.05) is 12.1 Å². The summed E-state index contributed by atoms with van der Waals surface area (Å²) in [4.78, 5) is 12.3. The number of rotatable bonds is 4. The number of anilines is 2. The van der Waals surface area contributed by atoms with Gasteiger partial charge in [0.15, 0.2) is 5.82 Å². The van der Waals surface area contributed by atoms with Crippen LogP contribution in [0.5, 0.6) is 0 Å². The number of nitrogens with one attached hydrogen (secondary N) is 1. The van der Waals surface area contributed by atoms with E-state index >= 15 is 0 Å². The number of carbonyl (C=O) groups excluding carboxylic acids is 1. The molecule has 0 aliphatic rings. The van der Waals surface area contributed by atoms with Gasteiger partial charge in [0, 0.05) is 10.0 Å². The van der Waals surface area contributed by atoms with Crippen molar-refractivity contribution in [3.05, 3.63) is 57.3 Å². The van der Waals surface area contributed by atoms with E-state index in [1.54, 1.807) is 0 Å². The van der Waals surface area contributed by atoms with E-state index in [4.69, 9.17) is 5.73 Å². The average Bonchev–Trinajstić information content (AvgIpc) is 2.63. The summed E-state index contributed by atoms with van der Waals surface area (Å²) in [6, 6.07) is 3.42. The summed E-state index contributed by atoms with van der Waals surface area (Å²) >= 11 is 2.62.